The smallest absolute Gasteiger partial charge is 0.171 e. The number of nitrogens with zero attached hydrogens (tertiary/aromatic N) is 2. The number of halogens is 1. The Labute approximate surface area is 132 Å². The summed E-state index contributed by atoms with van der Waals surface area (Å²) in [5, 5.41) is 4.22. The predicted octanol–water partition coefficient (Wildman–Crippen LogP) is 3.62. The van der Waals surface area contributed by atoms with Gasteiger partial charge in [-0.25, -0.2) is 8.91 Å². The third-order valence-corrected chi connectivity index (χ3v) is 4.44. The van der Waals surface area contributed by atoms with Gasteiger partial charge in [0.25, 0.3) is 0 Å². The molecule has 2 N–H and O–H groups in total. The number of anilines is 1. The van der Waals surface area contributed by atoms with Crippen LogP contribution in [0.25, 0.3) is 16.6 Å². The standard InChI is InChI=1S/C18H16FN3O/c1-10-13(3-2-4-14(10)19)12-7-8-22-15(9-12)16(18(20)21-22)17(23)11-5-6-11/h2-4,7-9,11H,5-6H2,1H3,(H2,20,21). The molecule has 0 saturated heterocycles. The van der Waals surface area contributed by atoms with E-state index >= 15 is 0 Å². The van der Waals surface area contributed by atoms with Gasteiger partial charge in [0.05, 0.1) is 11.1 Å². The fourth-order valence-electron chi connectivity index (χ4n) is 2.95. The van der Waals surface area contributed by atoms with E-state index in [1.807, 2.05) is 18.2 Å². The number of pyridine rings is 1. The van der Waals surface area contributed by atoms with Crippen molar-refractivity contribution < 1.29 is 9.18 Å². The number of aromatic nitrogens is 2. The van der Waals surface area contributed by atoms with Crippen LogP contribution in [0.4, 0.5) is 10.2 Å². The van der Waals surface area contributed by atoms with Crippen molar-refractivity contribution in [2.24, 2.45) is 5.92 Å². The number of Topliss-reactive ketones (excluding diaryl/α,β-unsaturated/α-hetero) is 1. The van der Waals surface area contributed by atoms with Crippen molar-refractivity contribution in [3.8, 4) is 11.1 Å². The van der Waals surface area contributed by atoms with Crippen molar-refractivity contribution in [1.82, 2.24) is 9.61 Å². The summed E-state index contributed by atoms with van der Waals surface area (Å²) in [5.41, 5.74) is 9.35. The van der Waals surface area contributed by atoms with Crippen LogP contribution in [-0.2, 0) is 0 Å². The molecule has 1 saturated carbocycles. The molecule has 0 aliphatic heterocycles. The van der Waals surface area contributed by atoms with Gasteiger partial charge in [-0.15, -0.1) is 5.10 Å². The van der Waals surface area contributed by atoms with Crippen LogP contribution in [0.2, 0.25) is 0 Å². The number of ketones is 1. The Morgan fingerprint density at radius 3 is 2.87 bits per heavy atom. The summed E-state index contributed by atoms with van der Waals surface area (Å²) in [6.07, 6.45) is 3.59. The molecule has 1 fully saturated rings. The van der Waals surface area contributed by atoms with Crippen molar-refractivity contribution in [2.45, 2.75) is 19.8 Å². The first kappa shape index (κ1) is 13.9. The summed E-state index contributed by atoms with van der Waals surface area (Å²) in [6.45, 7) is 1.75. The lowest BCUT2D eigenvalue weighted by atomic mass is 9.99. The number of fused-ring (bicyclic) bond motifs is 1. The minimum Gasteiger partial charge on any atom is -0.382 e. The molecule has 4 nitrogen and oxygen atoms in total. The van der Waals surface area contributed by atoms with Gasteiger partial charge in [-0.3, -0.25) is 4.79 Å². The monoisotopic (exact) mass is 309 g/mol. The number of carbonyl (C=O) groups is 1. The second-order valence-corrected chi connectivity index (χ2v) is 6.06. The van der Waals surface area contributed by atoms with E-state index < -0.39 is 0 Å². The van der Waals surface area contributed by atoms with Gasteiger partial charge in [-0.2, -0.15) is 0 Å². The topological polar surface area (TPSA) is 60.4 Å². The zero-order valence-corrected chi connectivity index (χ0v) is 12.7. The summed E-state index contributed by atoms with van der Waals surface area (Å²) in [5.74, 6) is 0.148. The second kappa shape index (κ2) is 4.91. The summed E-state index contributed by atoms with van der Waals surface area (Å²) in [6, 6.07) is 8.71. The normalized spacial score (nSPS) is 14.3. The summed E-state index contributed by atoms with van der Waals surface area (Å²) >= 11 is 0. The van der Waals surface area contributed by atoms with Crippen LogP contribution in [0.1, 0.15) is 28.8 Å². The van der Waals surface area contributed by atoms with E-state index in [4.69, 9.17) is 5.73 Å². The fraction of sp³-hybridized carbons (Fsp3) is 0.222. The summed E-state index contributed by atoms with van der Waals surface area (Å²) in [7, 11) is 0. The van der Waals surface area contributed by atoms with Crippen molar-refractivity contribution >= 4 is 17.1 Å². The van der Waals surface area contributed by atoms with Crippen LogP contribution in [-0.4, -0.2) is 15.4 Å². The SMILES string of the molecule is Cc1c(F)cccc1-c1ccn2nc(N)c(C(=O)C3CC3)c2c1. The number of hydrogen-bond acceptors (Lipinski definition) is 3. The molecule has 0 unspecified atom stereocenters. The molecule has 2 aromatic heterocycles. The third kappa shape index (κ3) is 2.20. The molecular formula is C18H16FN3O. The summed E-state index contributed by atoms with van der Waals surface area (Å²) < 4.78 is 15.4. The highest BCUT2D eigenvalue weighted by Crippen LogP contribution is 2.36. The number of rotatable bonds is 3. The van der Waals surface area contributed by atoms with E-state index in [1.54, 1.807) is 23.7 Å². The molecule has 1 aliphatic carbocycles. The lowest BCUT2D eigenvalue weighted by molar-refractivity contribution is 0.0970. The van der Waals surface area contributed by atoms with Gasteiger partial charge in [0.15, 0.2) is 11.6 Å². The first-order valence-electron chi connectivity index (χ1n) is 7.64. The van der Waals surface area contributed by atoms with E-state index in [1.165, 1.54) is 6.07 Å². The average Bonchev–Trinajstić information content (AvgIpc) is 3.32. The van der Waals surface area contributed by atoms with Gasteiger partial charge in [0, 0.05) is 12.1 Å². The maximum atomic E-state index is 13.8. The van der Waals surface area contributed by atoms with Crippen LogP contribution in [0.5, 0.6) is 0 Å². The van der Waals surface area contributed by atoms with Crippen molar-refractivity contribution in [2.75, 3.05) is 5.73 Å². The van der Waals surface area contributed by atoms with E-state index in [0.717, 1.165) is 24.0 Å². The van der Waals surface area contributed by atoms with Gasteiger partial charge in [-0.1, -0.05) is 12.1 Å². The highest BCUT2D eigenvalue weighted by atomic mass is 19.1. The number of nitrogen functional groups attached to an aromatic ring is 1. The molecule has 0 bridgehead atoms. The molecule has 116 valence electrons. The molecular weight excluding hydrogens is 293 g/mol. The number of benzene rings is 1. The van der Waals surface area contributed by atoms with E-state index in [0.29, 0.717) is 16.6 Å². The maximum Gasteiger partial charge on any atom is 0.171 e. The number of nitrogens with two attached hydrogens (primary N) is 1. The summed E-state index contributed by atoms with van der Waals surface area (Å²) in [4.78, 5) is 12.5. The molecule has 0 amide bonds. The van der Waals surface area contributed by atoms with Crippen LogP contribution >= 0.6 is 0 Å². The lowest BCUT2D eigenvalue weighted by Crippen LogP contribution is -2.04. The van der Waals surface area contributed by atoms with Crippen molar-refractivity contribution in [1.29, 1.82) is 0 Å². The largest absolute Gasteiger partial charge is 0.382 e. The third-order valence-electron chi connectivity index (χ3n) is 4.44. The van der Waals surface area contributed by atoms with Crippen LogP contribution in [0.15, 0.2) is 36.5 Å². The molecule has 0 radical (unpaired) electrons. The first-order chi connectivity index (χ1) is 11.1. The molecule has 1 aromatic carbocycles. The van der Waals surface area contributed by atoms with Gasteiger partial charge in [-0.05, 0) is 54.7 Å². The first-order valence-corrected chi connectivity index (χ1v) is 7.64. The molecule has 5 heteroatoms. The minimum atomic E-state index is -0.246. The zero-order valence-electron chi connectivity index (χ0n) is 12.7. The molecule has 1 aliphatic rings. The molecule has 23 heavy (non-hydrogen) atoms. The van der Waals surface area contributed by atoms with Gasteiger partial charge < -0.3 is 5.73 Å². The van der Waals surface area contributed by atoms with Gasteiger partial charge >= 0.3 is 0 Å². The Morgan fingerprint density at radius 2 is 2.13 bits per heavy atom. The van der Waals surface area contributed by atoms with Crippen molar-refractivity contribution in [3.63, 3.8) is 0 Å². The number of carbonyl (C=O) groups excluding carboxylic acids is 1. The van der Waals surface area contributed by atoms with Gasteiger partial charge in [0.2, 0.25) is 0 Å². The molecule has 0 spiro atoms. The fourth-order valence-corrected chi connectivity index (χ4v) is 2.95. The van der Waals surface area contributed by atoms with Crippen LogP contribution in [0, 0.1) is 18.7 Å². The Kier molecular flexibility index (Phi) is 2.98. The van der Waals surface area contributed by atoms with Crippen LogP contribution in [0.3, 0.4) is 0 Å². The minimum absolute atomic E-state index is 0.0608. The Morgan fingerprint density at radius 1 is 1.35 bits per heavy atom. The molecule has 0 atom stereocenters. The number of hydrogen-bond donors (Lipinski definition) is 1. The quantitative estimate of drug-likeness (QED) is 0.752. The molecule has 4 rings (SSSR count). The Bertz CT molecular complexity index is 941. The van der Waals surface area contributed by atoms with E-state index in [-0.39, 0.29) is 23.3 Å². The zero-order chi connectivity index (χ0) is 16.1. The van der Waals surface area contributed by atoms with E-state index in [2.05, 4.69) is 5.10 Å². The Balaban J connectivity index is 1.91. The average molecular weight is 309 g/mol. The molecule has 3 aromatic rings. The highest BCUT2D eigenvalue weighted by molar-refractivity contribution is 6.09. The highest BCUT2D eigenvalue weighted by Gasteiger charge is 2.33. The van der Waals surface area contributed by atoms with E-state index in [9.17, 15) is 9.18 Å². The van der Waals surface area contributed by atoms with Crippen LogP contribution < -0.4 is 5.73 Å². The molecule has 2 heterocycles. The van der Waals surface area contributed by atoms with Crippen molar-refractivity contribution in [3.05, 3.63) is 53.5 Å². The maximum absolute atomic E-state index is 13.8. The second-order valence-electron chi connectivity index (χ2n) is 6.06. The van der Waals surface area contributed by atoms with Gasteiger partial charge in [0.1, 0.15) is 5.82 Å². The lowest BCUT2D eigenvalue weighted by Gasteiger charge is -2.08. The predicted molar refractivity (Wildman–Crippen MR) is 86.8 cm³/mol. The Hall–Kier alpha value is -2.69.